The molecule has 6 heteroatoms. The lowest BCUT2D eigenvalue weighted by molar-refractivity contribution is -0.111. The van der Waals surface area contributed by atoms with Gasteiger partial charge in [-0.3, -0.25) is 0 Å². The Labute approximate surface area is 107 Å². The van der Waals surface area contributed by atoms with Crippen molar-refractivity contribution < 1.29 is 24.5 Å². The molecule has 1 saturated heterocycles. The second-order valence-corrected chi connectivity index (χ2v) is 4.60. The zero-order chi connectivity index (χ0) is 12.8. The first-order valence-electron chi connectivity index (χ1n) is 5.69. The van der Waals surface area contributed by atoms with E-state index in [9.17, 15) is 9.90 Å². The van der Waals surface area contributed by atoms with Crippen molar-refractivity contribution in [3.8, 4) is 0 Å². The summed E-state index contributed by atoms with van der Waals surface area (Å²) in [7, 11) is 1.58. The lowest BCUT2D eigenvalue weighted by Crippen LogP contribution is -2.34. The van der Waals surface area contributed by atoms with Crippen LogP contribution in [0.2, 0.25) is 0 Å². The Kier molecular flexibility index (Phi) is 6.43. The molecule has 1 aliphatic heterocycles. The average Bonchev–Trinajstić information content (AvgIpc) is 2.66. The van der Waals surface area contributed by atoms with E-state index in [4.69, 9.17) is 14.6 Å². The summed E-state index contributed by atoms with van der Waals surface area (Å²) < 4.78 is 11.1. The van der Waals surface area contributed by atoms with E-state index >= 15 is 0 Å². The van der Waals surface area contributed by atoms with E-state index < -0.39 is 6.10 Å². The molecule has 0 radical (unpaired) electrons. The molecule has 5 nitrogen and oxygen atoms in total. The summed E-state index contributed by atoms with van der Waals surface area (Å²) in [6.45, 7) is -0.305. The van der Waals surface area contributed by atoms with Crippen molar-refractivity contribution in [3.63, 3.8) is 0 Å². The Morgan fingerprint density at radius 3 is 2.71 bits per heavy atom. The van der Waals surface area contributed by atoms with Gasteiger partial charge < -0.3 is 24.5 Å². The third-order valence-corrected chi connectivity index (χ3v) is 3.56. The van der Waals surface area contributed by atoms with Gasteiger partial charge in [0.15, 0.2) is 0 Å². The van der Waals surface area contributed by atoms with Gasteiger partial charge in [0.25, 0.3) is 0 Å². The second-order valence-electron chi connectivity index (χ2n) is 4.23. The number of rotatable bonds is 7. The Balaban J connectivity index is 2.67. The number of thiol groups is 1. The monoisotopic (exact) mass is 264 g/mol. The molecule has 0 aliphatic carbocycles. The van der Waals surface area contributed by atoms with Crippen molar-refractivity contribution in [1.29, 1.82) is 0 Å². The number of ether oxygens (including phenoxy) is 2. The molecule has 0 bridgehead atoms. The SMILES string of the molecule is CO[C@@H]1C(CS)[C@H](CC=O)O[C@@H]1C[C@H](O)CO. The van der Waals surface area contributed by atoms with Crippen LogP contribution in [0.1, 0.15) is 12.8 Å². The highest BCUT2D eigenvalue weighted by atomic mass is 32.1. The van der Waals surface area contributed by atoms with E-state index in [0.29, 0.717) is 18.6 Å². The van der Waals surface area contributed by atoms with E-state index in [1.807, 2.05) is 0 Å². The number of carbonyl (C=O) groups excluding carboxylic acids is 1. The van der Waals surface area contributed by atoms with Gasteiger partial charge in [0.1, 0.15) is 6.29 Å². The first-order chi connectivity index (χ1) is 8.17. The first-order valence-corrected chi connectivity index (χ1v) is 6.32. The summed E-state index contributed by atoms with van der Waals surface area (Å²) in [5, 5.41) is 18.3. The molecule has 100 valence electrons. The van der Waals surface area contributed by atoms with Crippen LogP contribution in [0.4, 0.5) is 0 Å². The predicted octanol–water partition coefficient (Wildman–Crippen LogP) is -0.353. The molecule has 1 unspecified atom stereocenters. The van der Waals surface area contributed by atoms with E-state index in [0.717, 1.165) is 6.29 Å². The smallest absolute Gasteiger partial charge is 0.122 e. The highest BCUT2D eigenvalue weighted by Crippen LogP contribution is 2.33. The van der Waals surface area contributed by atoms with Gasteiger partial charge in [0, 0.05) is 25.9 Å². The van der Waals surface area contributed by atoms with Crippen LogP contribution in [-0.2, 0) is 14.3 Å². The molecule has 1 aliphatic rings. The van der Waals surface area contributed by atoms with Gasteiger partial charge in [0.05, 0.1) is 31.0 Å². The van der Waals surface area contributed by atoms with Gasteiger partial charge in [0.2, 0.25) is 0 Å². The Morgan fingerprint density at radius 2 is 2.24 bits per heavy atom. The van der Waals surface area contributed by atoms with Crippen LogP contribution < -0.4 is 0 Å². The molecule has 17 heavy (non-hydrogen) atoms. The highest BCUT2D eigenvalue weighted by Gasteiger charge is 2.44. The summed E-state index contributed by atoms with van der Waals surface area (Å²) >= 11 is 4.25. The number of methoxy groups -OCH3 is 1. The third-order valence-electron chi connectivity index (χ3n) is 3.14. The van der Waals surface area contributed by atoms with Gasteiger partial charge in [-0.05, 0) is 5.75 Å². The minimum Gasteiger partial charge on any atom is -0.394 e. The maximum Gasteiger partial charge on any atom is 0.122 e. The maximum absolute atomic E-state index is 10.6. The average molecular weight is 264 g/mol. The third kappa shape index (κ3) is 3.66. The predicted molar refractivity (Wildman–Crippen MR) is 65.2 cm³/mol. The molecule has 1 rings (SSSR count). The van der Waals surface area contributed by atoms with Crippen molar-refractivity contribution >= 4 is 18.9 Å². The van der Waals surface area contributed by atoms with E-state index in [1.54, 1.807) is 7.11 Å². The maximum atomic E-state index is 10.6. The number of carbonyl (C=O) groups is 1. The summed E-state index contributed by atoms with van der Waals surface area (Å²) in [4.78, 5) is 10.6. The van der Waals surface area contributed by atoms with E-state index in [2.05, 4.69) is 12.6 Å². The number of aliphatic hydroxyl groups is 2. The molecule has 0 spiro atoms. The summed E-state index contributed by atoms with van der Waals surface area (Å²) in [5.41, 5.74) is 0. The summed E-state index contributed by atoms with van der Waals surface area (Å²) in [5.74, 6) is 0.590. The molecule has 1 fully saturated rings. The molecule has 0 saturated carbocycles. The molecular formula is C11H20O5S. The Hall–Kier alpha value is -0.140. The minimum atomic E-state index is -0.826. The summed E-state index contributed by atoms with van der Waals surface area (Å²) in [6.07, 6.45) is -0.119. The Morgan fingerprint density at radius 1 is 1.53 bits per heavy atom. The lowest BCUT2D eigenvalue weighted by Gasteiger charge is -2.22. The fraction of sp³-hybridized carbons (Fsp3) is 0.909. The zero-order valence-corrected chi connectivity index (χ0v) is 10.8. The number of hydrogen-bond donors (Lipinski definition) is 3. The van der Waals surface area contributed by atoms with Gasteiger partial charge in [-0.2, -0.15) is 12.6 Å². The molecule has 5 atom stereocenters. The van der Waals surface area contributed by atoms with Gasteiger partial charge in [-0.15, -0.1) is 0 Å². The largest absolute Gasteiger partial charge is 0.394 e. The van der Waals surface area contributed by atoms with Crippen LogP contribution in [0.3, 0.4) is 0 Å². The number of aliphatic hydroxyl groups excluding tert-OH is 2. The van der Waals surface area contributed by atoms with Gasteiger partial charge in [-0.25, -0.2) is 0 Å². The van der Waals surface area contributed by atoms with Crippen LogP contribution in [0.15, 0.2) is 0 Å². The van der Waals surface area contributed by atoms with Crippen molar-refractivity contribution in [2.75, 3.05) is 19.5 Å². The number of hydrogen-bond acceptors (Lipinski definition) is 6. The van der Waals surface area contributed by atoms with Crippen molar-refractivity contribution in [1.82, 2.24) is 0 Å². The Bertz CT molecular complexity index is 238. The molecule has 0 aromatic carbocycles. The molecule has 0 aromatic heterocycles. The molecule has 0 aromatic rings. The zero-order valence-electron chi connectivity index (χ0n) is 9.86. The highest BCUT2D eigenvalue weighted by molar-refractivity contribution is 7.80. The number of aldehydes is 1. The molecule has 1 heterocycles. The quantitative estimate of drug-likeness (QED) is 0.433. The van der Waals surface area contributed by atoms with E-state index in [1.165, 1.54) is 0 Å². The van der Waals surface area contributed by atoms with Crippen LogP contribution in [-0.4, -0.2) is 60.4 Å². The normalized spacial score (nSPS) is 34.8. The minimum absolute atomic E-state index is 0.0319. The van der Waals surface area contributed by atoms with Crippen molar-refractivity contribution in [3.05, 3.63) is 0 Å². The van der Waals surface area contributed by atoms with Crippen molar-refractivity contribution in [2.45, 2.75) is 37.3 Å². The summed E-state index contributed by atoms with van der Waals surface area (Å²) in [6, 6.07) is 0. The lowest BCUT2D eigenvalue weighted by atomic mass is 9.94. The molecular weight excluding hydrogens is 244 g/mol. The standard InChI is InChI=1S/C11H20O5S/c1-15-11-8(6-17)9(2-3-12)16-10(11)4-7(14)5-13/h3,7-11,13-14,17H,2,4-6H2,1H3/t7-,8?,9-,10+,11+/m0/s1. The fourth-order valence-corrected chi connectivity index (χ4v) is 2.74. The van der Waals surface area contributed by atoms with Crippen LogP contribution >= 0.6 is 12.6 Å². The van der Waals surface area contributed by atoms with Crippen LogP contribution in [0.5, 0.6) is 0 Å². The van der Waals surface area contributed by atoms with Crippen LogP contribution in [0, 0.1) is 5.92 Å². The topological polar surface area (TPSA) is 76.0 Å². The first kappa shape index (κ1) is 14.9. The molecule has 2 N–H and O–H groups in total. The molecule has 0 amide bonds. The van der Waals surface area contributed by atoms with Gasteiger partial charge >= 0.3 is 0 Å². The fourth-order valence-electron chi connectivity index (χ4n) is 2.30. The van der Waals surface area contributed by atoms with Crippen LogP contribution in [0.25, 0.3) is 0 Å². The van der Waals surface area contributed by atoms with E-state index in [-0.39, 0.29) is 30.8 Å². The van der Waals surface area contributed by atoms with Crippen molar-refractivity contribution in [2.24, 2.45) is 5.92 Å². The second kappa shape index (κ2) is 7.33. The van der Waals surface area contributed by atoms with Gasteiger partial charge in [-0.1, -0.05) is 0 Å².